The van der Waals surface area contributed by atoms with E-state index in [0.29, 0.717) is 6.10 Å². The minimum atomic E-state index is 0.474. The van der Waals surface area contributed by atoms with Gasteiger partial charge in [0.05, 0.1) is 6.10 Å². The summed E-state index contributed by atoms with van der Waals surface area (Å²) in [6.45, 7) is 4.32. The molecule has 0 aromatic heterocycles. The first-order valence-corrected chi connectivity index (χ1v) is 3.52. The molecule has 1 rings (SSSR count). The van der Waals surface area contributed by atoms with Crippen LogP contribution in [-0.2, 0) is 9.47 Å². The molecule has 1 radical (unpaired) electrons. The van der Waals surface area contributed by atoms with E-state index in [1.165, 1.54) is 19.6 Å². The zero-order valence-corrected chi connectivity index (χ0v) is 5.80. The van der Waals surface area contributed by atoms with Gasteiger partial charge in [0.15, 0.2) is 0 Å². The van der Waals surface area contributed by atoms with Crippen molar-refractivity contribution in [2.24, 2.45) is 0 Å². The molecule has 2 nitrogen and oxygen atoms in total. The fraction of sp³-hybridized carbons (Fsp3) is 0.857. The summed E-state index contributed by atoms with van der Waals surface area (Å²) in [5.41, 5.74) is 0. The van der Waals surface area contributed by atoms with Gasteiger partial charge in [-0.25, -0.2) is 0 Å². The summed E-state index contributed by atoms with van der Waals surface area (Å²) in [5, 5.41) is 0. The molecular weight excluding hydrogens is 116 g/mol. The van der Waals surface area contributed by atoms with E-state index in [1.807, 2.05) is 0 Å². The number of rotatable bonds is 5. The largest absolute Gasteiger partial charge is 0.348 e. The van der Waals surface area contributed by atoms with E-state index in [2.05, 4.69) is 6.92 Å². The molecule has 0 atom stereocenters. The second-order valence-corrected chi connectivity index (χ2v) is 2.30. The molecule has 1 aliphatic rings. The fourth-order valence-electron chi connectivity index (χ4n) is 0.488. The average Bonchev–Trinajstić information content (AvgIpc) is 2.63. The van der Waals surface area contributed by atoms with Crippen LogP contribution in [0, 0.1) is 6.79 Å². The molecule has 0 saturated heterocycles. The van der Waals surface area contributed by atoms with Crippen LogP contribution in [0.1, 0.15) is 26.2 Å². The minimum absolute atomic E-state index is 0.474. The molecule has 0 unspecified atom stereocenters. The zero-order chi connectivity index (χ0) is 6.53. The van der Waals surface area contributed by atoms with Gasteiger partial charge in [0.1, 0.15) is 0 Å². The number of hydrogen-bond donors (Lipinski definition) is 0. The van der Waals surface area contributed by atoms with Crippen molar-refractivity contribution in [3.05, 3.63) is 6.79 Å². The highest BCUT2D eigenvalue weighted by Crippen LogP contribution is 2.23. The van der Waals surface area contributed by atoms with Crippen LogP contribution in [0.25, 0.3) is 0 Å². The van der Waals surface area contributed by atoms with E-state index in [4.69, 9.17) is 9.47 Å². The molecule has 0 aromatic carbocycles. The molecule has 1 fully saturated rings. The predicted octanol–water partition coefficient (Wildman–Crippen LogP) is 1.71. The molecular formula is C7H13O2. The molecule has 1 aliphatic carbocycles. The van der Waals surface area contributed by atoms with Gasteiger partial charge in [-0.1, -0.05) is 6.92 Å². The second kappa shape index (κ2) is 3.85. The summed E-state index contributed by atoms with van der Waals surface area (Å²) in [6.07, 6.45) is 3.92. The summed E-state index contributed by atoms with van der Waals surface area (Å²) < 4.78 is 10.1. The molecule has 53 valence electrons. The highest BCUT2D eigenvalue weighted by Gasteiger charge is 2.21. The second-order valence-electron chi connectivity index (χ2n) is 2.30. The molecule has 0 bridgehead atoms. The topological polar surface area (TPSA) is 18.5 Å². The molecule has 1 saturated carbocycles. The maximum atomic E-state index is 5.11. The van der Waals surface area contributed by atoms with Crippen LogP contribution in [0.3, 0.4) is 0 Å². The van der Waals surface area contributed by atoms with Crippen molar-refractivity contribution in [3.8, 4) is 0 Å². The van der Waals surface area contributed by atoms with Crippen molar-refractivity contribution < 1.29 is 9.47 Å². The summed E-state index contributed by atoms with van der Waals surface area (Å²) >= 11 is 0. The van der Waals surface area contributed by atoms with Gasteiger partial charge in [-0.2, -0.15) is 0 Å². The summed E-state index contributed by atoms with van der Waals surface area (Å²) in [4.78, 5) is 0. The van der Waals surface area contributed by atoms with Crippen LogP contribution in [0.5, 0.6) is 0 Å². The molecule has 0 spiro atoms. The highest BCUT2D eigenvalue weighted by molar-refractivity contribution is 4.73. The Balaban J connectivity index is 1.71. The van der Waals surface area contributed by atoms with E-state index in [9.17, 15) is 0 Å². The SMILES string of the molecule is CCCO[CH]OC1CC1. The van der Waals surface area contributed by atoms with Crippen molar-refractivity contribution in [2.75, 3.05) is 6.61 Å². The van der Waals surface area contributed by atoms with Gasteiger partial charge in [0.25, 0.3) is 0 Å². The Kier molecular flexibility index (Phi) is 3.01. The van der Waals surface area contributed by atoms with E-state index < -0.39 is 0 Å². The minimum Gasteiger partial charge on any atom is -0.348 e. The first kappa shape index (κ1) is 7.03. The molecule has 0 amide bonds. The lowest BCUT2D eigenvalue weighted by molar-refractivity contribution is 0.0128. The van der Waals surface area contributed by atoms with Gasteiger partial charge in [0, 0.05) is 6.61 Å². The molecule has 0 heterocycles. The fourth-order valence-corrected chi connectivity index (χ4v) is 0.488. The number of hydrogen-bond acceptors (Lipinski definition) is 2. The highest BCUT2D eigenvalue weighted by atomic mass is 16.7. The van der Waals surface area contributed by atoms with Gasteiger partial charge in [-0.05, 0) is 19.3 Å². The van der Waals surface area contributed by atoms with E-state index in [-0.39, 0.29) is 0 Å². The van der Waals surface area contributed by atoms with Gasteiger partial charge in [-0.15, -0.1) is 0 Å². The molecule has 0 aromatic rings. The first-order chi connectivity index (χ1) is 4.43. The lowest BCUT2D eigenvalue weighted by Crippen LogP contribution is -1.95. The Morgan fingerprint density at radius 2 is 2.33 bits per heavy atom. The Labute approximate surface area is 56.2 Å². The lowest BCUT2D eigenvalue weighted by atomic mass is 10.5. The molecule has 0 aliphatic heterocycles. The third kappa shape index (κ3) is 3.49. The number of ether oxygens (including phenoxy) is 2. The van der Waals surface area contributed by atoms with Crippen molar-refractivity contribution >= 4 is 0 Å². The van der Waals surface area contributed by atoms with Gasteiger partial charge in [0.2, 0.25) is 6.79 Å². The summed E-state index contributed by atoms with van der Waals surface area (Å²) in [7, 11) is 0. The monoisotopic (exact) mass is 129 g/mol. The zero-order valence-electron chi connectivity index (χ0n) is 5.80. The Morgan fingerprint density at radius 1 is 1.56 bits per heavy atom. The van der Waals surface area contributed by atoms with Crippen LogP contribution in [-0.4, -0.2) is 12.7 Å². The molecule has 0 N–H and O–H groups in total. The van der Waals surface area contributed by atoms with E-state index >= 15 is 0 Å². The van der Waals surface area contributed by atoms with Gasteiger partial charge >= 0.3 is 0 Å². The van der Waals surface area contributed by atoms with Crippen molar-refractivity contribution in [1.82, 2.24) is 0 Å². The average molecular weight is 129 g/mol. The molecule has 2 heteroatoms. The summed E-state index contributed by atoms with van der Waals surface area (Å²) in [6, 6.07) is 0. The maximum Gasteiger partial charge on any atom is 0.209 e. The maximum absolute atomic E-state index is 5.11. The third-order valence-corrected chi connectivity index (χ3v) is 1.16. The van der Waals surface area contributed by atoms with Crippen molar-refractivity contribution in [2.45, 2.75) is 32.3 Å². The smallest absolute Gasteiger partial charge is 0.209 e. The first-order valence-electron chi connectivity index (χ1n) is 3.52. The van der Waals surface area contributed by atoms with Gasteiger partial charge in [-0.3, -0.25) is 0 Å². The van der Waals surface area contributed by atoms with E-state index in [1.54, 1.807) is 0 Å². The van der Waals surface area contributed by atoms with Crippen molar-refractivity contribution in [1.29, 1.82) is 0 Å². The van der Waals surface area contributed by atoms with Crippen LogP contribution in [0.15, 0.2) is 0 Å². The standard InChI is InChI=1S/C7H13O2/c1-2-5-8-6-9-7-3-4-7/h6-7H,2-5H2,1H3. The third-order valence-electron chi connectivity index (χ3n) is 1.16. The quantitative estimate of drug-likeness (QED) is 0.526. The van der Waals surface area contributed by atoms with Crippen LogP contribution in [0.2, 0.25) is 0 Å². The lowest BCUT2D eigenvalue weighted by Gasteiger charge is -1.99. The normalized spacial score (nSPS) is 18.3. The van der Waals surface area contributed by atoms with Crippen LogP contribution >= 0.6 is 0 Å². The van der Waals surface area contributed by atoms with Crippen molar-refractivity contribution in [3.63, 3.8) is 0 Å². The molecule has 9 heavy (non-hydrogen) atoms. The van der Waals surface area contributed by atoms with Crippen LogP contribution < -0.4 is 0 Å². The van der Waals surface area contributed by atoms with E-state index in [0.717, 1.165) is 13.0 Å². The van der Waals surface area contributed by atoms with Gasteiger partial charge < -0.3 is 9.47 Å². The Hall–Kier alpha value is -0.0800. The predicted molar refractivity (Wildman–Crippen MR) is 34.6 cm³/mol. The Morgan fingerprint density at radius 3 is 2.89 bits per heavy atom. The summed E-state index contributed by atoms with van der Waals surface area (Å²) in [5.74, 6) is 0. The Bertz CT molecular complexity index is 69.3. The van der Waals surface area contributed by atoms with Crippen LogP contribution in [0.4, 0.5) is 0 Å².